The molecule has 0 unspecified atom stereocenters. The Hall–Kier alpha value is -2.87. The van der Waals surface area contributed by atoms with Crippen molar-refractivity contribution in [1.29, 1.82) is 0 Å². The summed E-state index contributed by atoms with van der Waals surface area (Å²) in [6, 6.07) is 9.92. The SMILES string of the molecule is C[C@H](CCC(=O)OCCCC(=O)OC1(c2ccccc2)CCNCC1)[C@H]1CC[C@H]2[C@@H]3C(=O)C[C@@H]4CC(=O)CC[C@]4(C)[C@H]3CC(=O)[C@]12C. The molecule has 8 nitrogen and oxygen atoms in total. The molecule has 8 heteroatoms. The number of hydrogen-bond donors (Lipinski definition) is 1. The van der Waals surface area contributed by atoms with Crippen molar-refractivity contribution in [3.8, 4) is 0 Å². The number of rotatable bonds is 10. The van der Waals surface area contributed by atoms with Crippen molar-refractivity contribution >= 4 is 29.3 Å². The van der Waals surface area contributed by atoms with Crippen LogP contribution in [0, 0.1) is 46.3 Å². The predicted molar refractivity (Wildman–Crippen MR) is 176 cm³/mol. The second kappa shape index (κ2) is 13.6. The lowest BCUT2D eigenvalue weighted by Crippen LogP contribution is -2.60. The molecule has 1 aliphatic heterocycles. The fraction of sp³-hybridized carbons (Fsp3) is 0.718. The first kappa shape index (κ1) is 34.0. The Morgan fingerprint density at radius 2 is 1.66 bits per heavy atom. The van der Waals surface area contributed by atoms with Crippen LogP contribution >= 0.6 is 0 Å². The number of esters is 2. The minimum atomic E-state index is -0.617. The van der Waals surface area contributed by atoms with E-state index in [-0.39, 0.29) is 89.7 Å². The number of carbonyl (C=O) groups is 5. The minimum Gasteiger partial charge on any atom is -0.466 e. The molecule has 0 bridgehead atoms. The highest BCUT2D eigenvalue weighted by atomic mass is 16.6. The summed E-state index contributed by atoms with van der Waals surface area (Å²) in [4.78, 5) is 65.5. The van der Waals surface area contributed by atoms with Gasteiger partial charge in [-0.2, -0.15) is 0 Å². The predicted octanol–water partition coefficient (Wildman–Crippen LogP) is 6.13. The lowest BCUT2D eigenvalue weighted by Gasteiger charge is -2.58. The van der Waals surface area contributed by atoms with Crippen LogP contribution in [0.1, 0.15) is 110 Å². The van der Waals surface area contributed by atoms with Crippen LogP contribution in [0.4, 0.5) is 0 Å². The number of ether oxygens (including phenoxy) is 2. The van der Waals surface area contributed by atoms with Gasteiger partial charge in [-0.3, -0.25) is 24.0 Å². The zero-order chi connectivity index (χ0) is 33.4. The molecule has 5 fully saturated rings. The lowest BCUT2D eigenvalue weighted by atomic mass is 9.44. The summed E-state index contributed by atoms with van der Waals surface area (Å²) in [5, 5.41) is 3.34. The molecule has 1 heterocycles. The molecule has 4 aliphatic carbocycles. The van der Waals surface area contributed by atoms with E-state index < -0.39 is 11.0 Å². The van der Waals surface area contributed by atoms with E-state index in [0.717, 1.165) is 50.8 Å². The second-order valence-corrected chi connectivity index (χ2v) is 15.9. The van der Waals surface area contributed by atoms with Crippen LogP contribution in [0.5, 0.6) is 0 Å². The molecule has 0 radical (unpaired) electrons. The Labute approximate surface area is 279 Å². The van der Waals surface area contributed by atoms with Gasteiger partial charge in [0.25, 0.3) is 0 Å². The second-order valence-electron chi connectivity index (χ2n) is 15.9. The lowest BCUT2D eigenvalue weighted by molar-refractivity contribution is -0.167. The van der Waals surface area contributed by atoms with E-state index in [1.54, 1.807) is 0 Å². The van der Waals surface area contributed by atoms with Crippen molar-refractivity contribution in [2.75, 3.05) is 19.7 Å². The third-order valence-corrected chi connectivity index (χ3v) is 13.5. The van der Waals surface area contributed by atoms with Crippen molar-refractivity contribution in [3.63, 3.8) is 0 Å². The Morgan fingerprint density at radius 3 is 2.40 bits per heavy atom. The van der Waals surface area contributed by atoms with E-state index in [2.05, 4.69) is 26.1 Å². The van der Waals surface area contributed by atoms with Crippen LogP contribution in [-0.2, 0) is 39.0 Å². The molecule has 8 atom stereocenters. The van der Waals surface area contributed by atoms with Gasteiger partial charge in [0, 0.05) is 62.7 Å². The first-order valence-electron chi connectivity index (χ1n) is 18.2. The first-order valence-corrected chi connectivity index (χ1v) is 18.2. The molecule has 1 aromatic carbocycles. The van der Waals surface area contributed by atoms with Crippen molar-refractivity contribution in [2.24, 2.45) is 46.3 Å². The van der Waals surface area contributed by atoms with Crippen LogP contribution in [0.25, 0.3) is 0 Å². The fourth-order valence-electron chi connectivity index (χ4n) is 10.7. The van der Waals surface area contributed by atoms with Crippen LogP contribution in [0.3, 0.4) is 0 Å². The Morgan fingerprint density at radius 1 is 0.915 bits per heavy atom. The maximum Gasteiger partial charge on any atom is 0.306 e. The number of benzene rings is 1. The van der Waals surface area contributed by atoms with E-state index in [1.165, 1.54) is 0 Å². The maximum absolute atomic E-state index is 14.0. The van der Waals surface area contributed by atoms with Crippen LogP contribution in [0.15, 0.2) is 30.3 Å². The number of nitrogens with one attached hydrogen (secondary N) is 1. The number of carbonyl (C=O) groups excluding carboxylic acids is 5. The van der Waals surface area contributed by atoms with Gasteiger partial charge in [-0.05, 0) is 85.8 Å². The van der Waals surface area contributed by atoms with E-state index >= 15 is 0 Å². The van der Waals surface area contributed by atoms with Gasteiger partial charge < -0.3 is 14.8 Å². The number of piperidine rings is 1. The zero-order valence-corrected chi connectivity index (χ0v) is 28.5. The molecule has 1 N–H and O–H groups in total. The summed E-state index contributed by atoms with van der Waals surface area (Å²) in [7, 11) is 0. The maximum atomic E-state index is 14.0. The summed E-state index contributed by atoms with van der Waals surface area (Å²) in [6.07, 6.45) is 7.42. The molecule has 5 aliphatic rings. The Balaban J connectivity index is 0.979. The molecule has 6 rings (SSSR count). The van der Waals surface area contributed by atoms with Gasteiger partial charge in [0.2, 0.25) is 0 Å². The normalized spacial score (nSPS) is 35.3. The molecular formula is C39H53NO7. The highest BCUT2D eigenvalue weighted by Gasteiger charge is 2.66. The van der Waals surface area contributed by atoms with Gasteiger partial charge in [-0.15, -0.1) is 0 Å². The van der Waals surface area contributed by atoms with Gasteiger partial charge >= 0.3 is 11.9 Å². The molecule has 0 spiro atoms. The van der Waals surface area contributed by atoms with Gasteiger partial charge in [0.05, 0.1) is 6.61 Å². The molecule has 4 saturated carbocycles. The zero-order valence-electron chi connectivity index (χ0n) is 28.5. The monoisotopic (exact) mass is 647 g/mol. The summed E-state index contributed by atoms with van der Waals surface area (Å²) >= 11 is 0. The number of fused-ring (bicyclic) bond motifs is 5. The molecule has 47 heavy (non-hydrogen) atoms. The molecule has 0 amide bonds. The van der Waals surface area contributed by atoms with Crippen molar-refractivity contribution in [1.82, 2.24) is 5.32 Å². The molecular weight excluding hydrogens is 594 g/mol. The highest BCUT2D eigenvalue weighted by molar-refractivity contribution is 5.93. The molecule has 1 saturated heterocycles. The summed E-state index contributed by atoms with van der Waals surface area (Å²) in [6.45, 7) is 8.21. The molecule has 0 aromatic heterocycles. The fourth-order valence-corrected chi connectivity index (χ4v) is 10.7. The van der Waals surface area contributed by atoms with Crippen molar-refractivity contribution < 1.29 is 33.4 Å². The van der Waals surface area contributed by atoms with Crippen molar-refractivity contribution in [3.05, 3.63) is 35.9 Å². The van der Waals surface area contributed by atoms with Gasteiger partial charge in [0.15, 0.2) is 0 Å². The smallest absolute Gasteiger partial charge is 0.306 e. The van der Waals surface area contributed by atoms with Crippen molar-refractivity contribution in [2.45, 2.75) is 110 Å². The largest absolute Gasteiger partial charge is 0.466 e. The van der Waals surface area contributed by atoms with E-state index in [0.29, 0.717) is 38.5 Å². The number of Topliss-reactive ketones (excluding diaryl/α,β-unsaturated/α-hetero) is 3. The average molecular weight is 648 g/mol. The van der Waals surface area contributed by atoms with Crippen LogP contribution < -0.4 is 5.32 Å². The minimum absolute atomic E-state index is 0.0392. The van der Waals surface area contributed by atoms with Gasteiger partial charge in [-0.25, -0.2) is 0 Å². The Bertz CT molecular complexity index is 1370. The third-order valence-electron chi connectivity index (χ3n) is 13.5. The first-order chi connectivity index (χ1) is 22.5. The quantitative estimate of drug-likeness (QED) is 0.238. The summed E-state index contributed by atoms with van der Waals surface area (Å²) < 4.78 is 11.6. The van der Waals surface area contributed by atoms with Gasteiger partial charge in [0.1, 0.15) is 23.0 Å². The van der Waals surface area contributed by atoms with E-state index in [4.69, 9.17) is 9.47 Å². The standard InChI is InChI=1S/C39H53NO7/c1-25(11-14-34(44)46-21-7-10-35(45)47-39(17-19-40-20-18-39)26-8-5-4-6-9-26)29-12-13-30-36-31(24-33(43)38(29,30)3)37(2)16-15-28(41)22-27(37)23-32(36)42/h4-6,8-9,25,27,29-31,36,40H,7,10-24H2,1-3H3/t25-,27+,29-,30+,31+,36+,37+,38-/m1/s1. The topological polar surface area (TPSA) is 116 Å². The van der Waals surface area contributed by atoms with E-state index in [1.807, 2.05) is 30.3 Å². The number of hydrogen-bond acceptors (Lipinski definition) is 8. The molecule has 1 aromatic rings. The van der Waals surface area contributed by atoms with E-state index in [9.17, 15) is 24.0 Å². The summed E-state index contributed by atoms with van der Waals surface area (Å²) in [5.74, 6) is 0.559. The summed E-state index contributed by atoms with van der Waals surface area (Å²) in [5.41, 5.74) is -0.277. The molecule has 256 valence electrons. The van der Waals surface area contributed by atoms with Crippen LogP contribution in [-0.4, -0.2) is 49.0 Å². The highest BCUT2D eigenvalue weighted by Crippen LogP contribution is 2.66. The average Bonchev–Trinajstić information content (AvgIpc) is 3.42. The number of ketones is 3. The van der Waals surface area contributed by atoms with Gasteiger partial charge in [-0.1, -0.05) is 51.1 Å². The third kappa shape index (κ3) is 6.36. The Kier molecular flexibility index (Phi) is 9.81. The van der Waals surface area contributed by atoms with Crippen LogP contribution in [0.2, 0.25) is 0 Å².